The van der Waals surface area contributed by atoms with Gasteiger partial charge in [0.25, 0.3) is 0 Å². The number of urea groups is 1. The van der Waals surface area contributed by atoms with Gasteiger partial charge in [-0.15, -0.1) is 0 Å². The van der Waals surface area contributed by atoms with Crippen LogP contribution in [0.3, 0.4) is 0 Å². The molecule has 0 unspecified atom stereocenters. The van der Waals surface area contributed by atoms with E-state index >= 15 is 0 Å². The van der Waals surface area contributed by atoms with Gasteiger partial charge in [-0.2, -0.15) is 23.2 Å². The molecule has 5 aromatic rings. The number of benzene rings is 3. The fourth-order valence-corrected chi connectivity index (χ4v) is 7.28. The second-order valence-corrected chi connectivity index (χ2v) is 15.2. The van der Waals surface area contributed by atoms with E-state index in [1.165, 1.54) is 32.4 Å². The molecule has 0 fully saturated rings. The summed E-state index contributed by atoms with van der Waals surface area (Å²) in [5.74, 6) is -0.0971. The van der Waals surface area contributed by atoms with Crippen LogP contribution in [0.15, 0.2) is 77.8 Å². The van der Waals surface area contributed by atoms with E-state index in [-0.39, 0.29) is 41.6 Å². The van der Waals surface area contributed by atoms with Gasteiger partial charge in [0.05, 0.1) is 23.2 Å². The number of methoxy groups -OCH3 is 1. The minimum atomic E-state index is -4.78. The first-order valence-corrected chi connectivity index (χ1v) is 19.4. The first-order valence-electron chi connectivity index (χ1n) is 16.4. The molecule has 0 aliphatic rings. The Morgan fingerprint density at radius 3 is 2.35 bits per heavy atom. The van der Waals surface area contributed by atoms with Gasteiger partial charge in [0.15, 0.2) is 0 Å². The zero-order valence-electron chi connectivity index (χ0n) is 30.1. The number of aromatic nitrogens is 4. The molecule has 7 N–H and O–H groups in total. The van der Waals surface area contributed by atoms with Crippen molar-refractivity contribution in [3.8, 4) is 5.75 Å². The molecule has 2 aromatic heterocycles. The Morgan fingerprint density at radius 1 is 0.981 bits per heavy atom. The number of aryl methyl sites for hydroxylation is 3. The zero-order chi connectivity index (χ0) is 39.4. The van der Waals surface area contributed by atoms with Crippen molar-refractivity contribution in [1.82, 2.24) is 34.5 Å². The van der Waals surface area contributed by atoms with Crippen molar-refractivity contribution in [3.05, 3.63) is 89.7 Å². The third-order valence-electron chi connectivity index (χ3n) is 8.53. The largest absolute Gasteiger partial charge is 0.497 e. The number of nitrogens with two attached hydrogens (primary N) is 2. The van der Waals surface area contributed by atoms with Crippen molar-refractivity contribution < 1.29 is 31.2 Å². The molecule has 1 atom stereocenters. The molecule has 0 bridgehead atoms. The van der Waals surface area contributed by atoms with Gasteiger partial charge in [-0.3, -0.25) is 9.48 Å². The number of ether oxygens (including phenoxy) is 1. The van der Waals surface area contributed by atoms with Crippen LogP contribution in [-0.4, -0.2) is 75.3 Å². The van der Waals surface area contributed by atoms with Crippen LogP contribution in [0.25, 0.3) is 10.9 Å². The van der Waals surface area contributed by atoms with Crippen LogP contribution in [0.2, 0.25) is 0 Å². The maximum atomic E-state index is 14.0. The lowest BCUT2D eigenvalue weighted by Crippen LogP contribution is -2.53. The molecule has 2 heterocycles. The van der Waals surface area contributed by atoms with E-state index in [0.29, 0.717) is 17.3 Å². The van der Waals surface area contributed by atoms with Crippen molar-refractivity contribution in [2.45, 2.75) is 37.8 Å². The molecule has 18 nitrogen and oxygen atoms in total. The van der Waals surface area contributed by atoms with E-state index in [4.69, 9.17) is 15.6 Å². The minimum absolute atomic E-state index is 0.0655. The summed E-state index contributed by atoms with van der Waals surface area (Å²) in [6.07, 6.45) is 1.24. The molecule has 0 saturated carbocycles. The maximum absolute atomic E-state index is 14.0. The summed E-state index contributed by atoms with van der Waals surface area (Å²) in [6, 6.07) is 15.3. The molecule has 3 amide bonds. The highest BCUT2D eigenvalue weighted by Gasteiger charge is 2.30. The highest BCUT2D eigenvalue weighted by atomic mass is 32.2. The Balaban J connectivity index is 1.45. The molecule has 3 aromatic carbocycles. The van der Waals surface area contributed by atoms with Gasteiger partial charge in [0, 0.05) is 43.6 Å². The Hall–Kier alpha value is -5.67. The summed E-state index contributed by atoms with van der Waals surface area (Å²) in [5.41, 5.74) is 8.98. The predicted octanol–water partition coefficient (Wildman–Crippen LogP) is 2.12. The topological polar surface area (TPSA) is 250 Å². The lowest BCUT2D eigenvalue weighted by molar-refractivity contribution is -0.123. The van der Waals surface area contributed by atoms with E-state index in [9.17, 15) is 26.4 Å². The summed E-state index contributed by atoms with van der Waals surface area (Å²) in [5, 5.41) is 13.6. The molecule has 54 heavy (non-hydrogen) atoms. The normalized spacial score (nSPS) is 12.3. The Morgan fingerprint density at radius 2 is 1.69 bits per heavy atom. The number of nitrogens with one attached hydrogen (secondary N) is 3. The summed E-state index contributed by atoms with van der Waals surface area (Å²) in [4.78, 5) is 38.0. The number of carbonyl (C=O) groups is 2. The van der Waals surface area contributed by atoms with Crippen LogP contribution >= 0.6 is 0 Å². The molecular weight excluding hydrogens is 739 g/mol. The first kappa shape index (κ1) is 39.5. The molecule has 0 aliphatic carbocycles. The van der Waals surface area contributed by atoms with Gasteiger partial charge in [-0.25, -0.2) is 33.0 Å². The SMILES string of the molecule is COc1ccc(CNC(=O)[C@H](CCN)NS(=O)(=O)NC(=O)N(c2ccc(C)c(S(N)(=O)=O)c2)c2nccc(N(C)c3ccc4c(C)n(C)nc4c3)n2)cc1. The van der Waals surface area contributed by atoms with Crippen LogP contribution in [-0.2, 0) is 38.6 Å². The molecule has 20 heteroatoms. The summed E-state index contributed by atoms with van der Waals surface area (Å²) in [7, 11) is -3.97. The van der Waals surface area contributed by atoms with Crippen molar-refractivity contribution in [1.29, 1.82) is 0 Å². The molecule has 0 saturated heterocycles. The van der Waals surface area contributed by atoms with Crippen LogP contribution < -0.4 is 40.2 Å². The second kappa shape index (κ2) is 16.1. The van der Waals surface area contributed by atoms with Crippen LogP contribution in [0.1, 0.15) is 23.2 Å². The van der Waals surface area contributed by atoms with Crippen molar-refractivity contribution in [3.63, 3.8) is 0 Å². The van der Waals surface area contributed by atoms with Gasteiger partial charge in [0.1, 0.15) is 17.6 Å². The average molecular weight is 780 g/mol. The van der Waals surface area contributed by atoms with E-state index < -0.39 is 38.2 Å². The van der Waals surface area contributed by atoms with Gasteiger partial charge in [-0.05, 0) is 86.5 Å². The summed E-state index contributed by atoms with van der Waals surface area (Å²) >= 11 is 0. The summed E-state index contributed by atoms with van der Waals surface area (Å²) in [6.45, 7) is 3.47. The fourth-order valence-electron chi connectivity index (χ4n) is 5.50. The number of primary sulfonamides is 1. The predicted molar refractivity (Wildman–Crippen MR) is 203 cm³/mol. The minimum Gasteiger partial charge on any atom is -0.497 e. The van der Waals surface area contributed by atoms with E-state index in [0.717, 1.165) is 33.1 Å². The first-order chi connectivity index (χ1) is 25.5. The quantitative estimate of drug-likeness (QED) is 0.109. The Bertz CT molecular complexity index is 2400. The zero-order valence-corrected chi connectivity index (χ0v) is 31.8. The number of rotatable bonds is 14. The third-order valence-corrected chi connectivity index (χ3v) is 10.6. The number of sulfonamides is 1. The maximum Gasteiger partial charge on any atom is 0.343 e. The van der Waals surface area contributed by atoms with Crippen molar-refractivity contribution in [2.24, 2.45) is 17.9 Å². The van der Waals surface area contributed by atoms with E-state index in [2.05, 4.69) is 25.1 Å². The van der Waals surface area contributed by atoms with E-state index in [1.807, 2.05) is 36.9 Å². The van der Waals surface area contributed by atoms with Crippen molar-refractivity contribution >= 4 is 66.2 Å². The number of hydrogen-bond acceptors (Lipinski definition) is 12. The monoisotopic (exact) mass is 779 g/mol. The molecule has 286 valence electrons. The van der Waals surface area contributed by atoms with Crippen LogP contribution in [0.4, 0.5) is 27.9 Å². The number of carbonyl (C=O) groups excluding carboxylic acids is 2. The van der Waals surface area contributed by atoms with Gasteiger partial charge < -0.3 is 20.7 Å². The molecule has 5 rings (SSSR count). The summed E-state index contributed by atoms with van der Waals surface area (Å²) < 4.78 is 62.8. The molecular formula is C34H41N11O7S2. The van der Waals surface area contributed by atoms with Gasteiger partial charge in [-0.1, -0.05) is 18.2 Å². The number of amides is 3. The lowest BCUT2D eigenvalue weighted by atomic mass is 10.2. The molecule has 0 aliphatic heterocycles. The molecule has 0 radical (unpaired) electrons. The fraction of sp³-hybridized carbons (Fsp3) is 0.265. The van der Waals surface area contributed by atoms with E-state index in [1.54, 1.807) is 47.0 Å². The Labute approximate surface area is 312 Å². The highest BCUT2D eigenvalue weighted by Crippen LogP contribution is 2.31. The second-order valence-electron chi connectivity index (χ2n) is 12.2. The number of fused-ring (bicyclic) bond motifs is 1. The van der Waals surface area contributed by atoms with Gasteiger partial charge in [0.2, 0.25) is 21.9 Å². The number of anilines is 4. The highest BCUT2D eigenvalue weighted by molar-refractivity contribution is 7.89. The lowest BCUT2D eigenvalue weighted by Gasteiger charge is -2.25. The van der Waals surface area contributed by atoms with Gasteiger partial charge >= 0.3 is 16.2 Å². The number of nitrogens with zero attached hydrogens (tertiary/aromatic N) is 6. The Kier molecular flexibility index (Phi) is 11.8. The smallest absolute Gasteiger partial charge is 0.343 e. The standard InChI is InChI=1S/C34H41N11O7S2/c1-21-6-9-25(19-30(21)53(36,48)49)45(33-37-17-15-31(39-33)43(3)24-10-13-27-22(2)44(4)40-29(27)18-24)34(47)42-54(50,51)41-28(14-16-35)32(46)38-20-23-7-11-26(52-5)12-8-23/h6-13,15,17-19,28,41H,14,16,20,35H2,1-5H3,(H,38,46)(H,42,47)(H2,36,48,49)/t28-/m0/s1. The van der Waals surface area contributed by atoms with Crippen molar-refractivity contribution in [2.75, 3.05) is 30.5 Å². The molecule has 0 spiro atoms. The van der Waals surface area contributed by atoms with Crippen LogP contribution in [0, 0.1) is 13.8 Å². The third kappa shape index (κ3) is 9.09. The van der Waals surface area contributed by atoms with Crippen LogP contribution in [0.5, 0.6) is 5.75 Å². The average Bonchev–Trinajstić information content (AvgIpc) is 3.42. The number of hydrogen-bond donors (Lipinski definition) is 5.